The van der Waals surface area contributed by atoms with Crippen LogP contribution < -0.4 is 10.3 Å². The molecule has 98 valence electrons. The van der Waals surface area contributed by atoms with Gasteiger partial charge in [-0.05, 0) is 43.7 Å². The number of carbonyl (C=O) groups excluding carboxylic acids is 1. The average Bonchev–Trinajstić information content (AvgIpc) is 2.39. The zero-order valence-electron chi connectivity index (χ0n) is 10.8. The van der Waals surface area contributed by atoms with E-state index in [4.69, 9.17) is 4.74 Å². The van der Waals surface area contributed by atoms with Crippen LogP contribution in [0.5, 0.6) is 5.75 Å². The third-order valence-corrected chi connectivity index (χ3v) is 3.48. The summed E-state index contributed by atoms with van der Waals surface area (Å²) < 4.78 is 6.61. The lowest BCUT2D eigenvalue weighted by molar-refractivity contribution is -0.120. The van der Waals surface area contributed by atoms with E-state index in [1.165, 1.54) is 0 Å². The predicted molar refractivity (Wildman–Crippen MR) is 68.9 cm³/mol. The Balaban J connectivity index is 2.47. The van der Waals surface area contributed by atoms with E-state index in [0.717, 1.165) is 49.8 Å². The van der Waals surface area contributed by atoms with E-state index in [2.05, 4.69) is 6.92 Å². The van der Waals surface area contributed by atoms with Crippen molar-refractivity contribution in [3.63, 3.8) is 0 Å². The topological polar surface area (TPSA) is 48.3 Å². The lowest BCUT2D eigenvalue weighted by Crippen LogP contribution is -2.28. The van der Waals surface area contributed by atoms with E-state index in [1.807, 2.05) is 0 Å². The highest BCUT2D eigenvalue weighted by atomic mass is 16.5. The predicted octanol–water partition coefficient (Wildman–Crippen LogP) is 2.06. The van der Waals surface area contributed by atoms with Gasteiger partial charge in [-0.3, -0.25) is 9.59 Å². The van der Waals surface area contributed by atoms with Crippen molar-refractivity contribution in [3.05, 3.63) is 27.7 Å². The summed E-state index contributed by atoms with van der Waals surface area (Å²) in [4.78, 5) is 22.7. The molecule has 0 amide bonds. The fourth-order valence-electron chi connectivity index (χ4n) is 2.54. The van der Waals surface area contributed by atoms with Crippen LogP contribution >= 0.6 is 0 Å². The zero-order chi connectivity index (χ0) is 13.0. The van der Waals surface area contributed by atoms with Crippen molar-refractivity contribution in [1.82, 2.24) is 4.57 Å². The number of aryl methyl sites for hydroxylation is 1. The Morgan fingerprint density at radius 3 is 2.89 bits per heavy atom. The van der Waals surface area contributed by atoms with E-state index in [9.17, 15) is 9.59 Å². The Hall–Kier alpha value is -1.58. The summed E-state index contributed by atoms with van der Waals surface area (Å²) in [6.07, 6.45) is 6.20. The molecule has 18 heavy (non-hydrogen) atoms. The van der Waals surface area contributed by atoms with Crippen LogP contribution in [0.3, 0.4) is 0 Å². The highest BCUT2D eigenvalue weighted by Gasteiger charge is 2.18. The molecule has 2 rings (SSSR count). The minimum atomic E-state index is -0.170. The average molecular weight is 249 g/mol. The maximum Gasteiger partial charge on any atom is 0.298 e. The number of carbonyl (C=O) groups is 1. The van der Waals surface area contributed by atoms with Gasteiger partial charge >= 0.3 is 0 Å². The molecule has 1 heterocycles. The van der Waals surface area contributed by atoms with Crippen molar-refractivity contribution in [2.75, 3.05) is 0 Å². The molecule has 0 saturated carbocycles. The number of nitrogens with zero attached hydrogens (tertiary/aromatic N) is 1. The Labute approximate surface area is 107 Å². The fourth-order valence-corrected chi connectivity index (χ4v) is 2.54. The molecular formula is C14H19NO3. The number of rotatable bonds is 5. The first-order valence-corrected chi connectivity index (χ1v) is 6.63. The van der Waals surface area contributed by atoms with Crippen LogP contribution in [0.4, 0.5) is 0 Å². The summed E-state index contributed by atoms with van der Waals surface area (Å²) in [7, 11) is 0. The van der Waals surface area contributed by atoms with Crippen LogP contribution in [0, 0.1) is 0 Å². The lowest BCUT2D eigenvalue weighted by atomic mass is 9.95. The number of fused-ring (bicyclic) bond motifs is 1. The molecule has 1 aliphatic rings. The summed E-state index contributed by atoms with van der Waals surface area (Å²) in [5, 5.41) is 0. The molecule has 0 saturated heterocycles. The zero-order valence-corrected chi connectivity index (χ0v) is 10.8. The second kappa shape index (κ2) is 5.85. The first-order chi connectivity index (χ1) is 8.77. The summed E-state index contributed by atoms with van der Waals surface area (Å²) in [6, 6.07) is 1.74. The van der Waals surface area contributed by atoms with Crippen LogP contribution in [0.15, 0.2) is 10.9 Å². The second-order valence-electron chi connectivity index (χ2n) is 4.71. The van der Waals surface area contributed by atoms with E-state index >= 15 is 0 Å². The number of pyridine rings is 1. The molecule has 0 radical (unpaired) electrons. The van der Waals surface area contributed by atoms with Gasteiger partial charge in [-0.15, -0.1) is 0 Å². The van der Waals surface area contributed by atoms with E-state index in [-0.39, 0.29) is 11.3 Å². The van der Waals surface area contributed by atoms with Gasteiger partial charge in [0.1, 0.15) is 0 Å². The van der Waals surface area contributed by atoms with Gasteiger partial charge in [0.2, 0.25) is 0 Å². The van der Waals surface area contributed by atoms with E-state index in [1.54, 1.807) is 10.6 Å². The van der Waals surface area contributed by atoms with Crippen molar-refractivity contribution in [2.24, 2.45) is 0 Å². The highest BCUT2D eigenvalue weighted by molar-refractivity contribution is 5.46. The maximum atomic E-state index is 12.2. The number of aromatic nitrogens is 1. The molecular weight excluding hydrogens is 230 g/mol. The minimum Gasteiger partial charge on any atom is -0.423 e. The monoisotopic (exact) mass is 249 g/mol. The van der Waals surface area contributed by atoms with Gasteiger partial charge < -0.3 is 9.30 Å². The summed E-state index contributed by atoms with van der Waals surface area (Å²) in [5.41, 5.74) is 2.13. The maximum absolute atomic E-state index is 12.2. The number of hydrogen-bond acceptors (Lipinski definition) is 3. The van der Waals surface area contributed by atoms with Gasteiger partial charge in [0, 0.05) is 12.2 Å². The minimum absolute atomic E-state index is 0.168. The quantitative estimate of drug-likeness (QED) is 0.750. The summed E-state index contributed by atoms with van der Waals surface area (Å²) in [5.74, 6) is 0.168. The number of hydrogen-bond donors (Lipinski definition) is 0. The lowest BCUT2D eigenvalue weighted by Gasteiger charge is -2.21. The molecule has 4 heteroatoms. The fraction of sp³-hybridized carbons (Fsp3) is 0.571. The molecule has 0 N–H and O–H groups in total. The summed E-state index contributed by atoms with van der Waals surface area (Å²) >= 11 is 0. The molecule has 1 aromatic heterocycles. The third kappa shape index (κ3) is 2.47. The van der Waals surface area contributed by atoms with E-state index < -0.39 is 0 Å². The standard InChI is InChI=1S/C14H19NO3/c1-2-3-8-15-12-7-5-4-6-11(12)9-13(14(15)17)18-10-16/h9-10H,2-8H2,1H3. The van der Waals surface area contributed by atoms with Crippen molar-refractivity contribution in [2.45, 2.75) is 52.0 Å². The first kappa shape index (κ1) is 12.9. The van der Waals surface area contributed by atoms with Crippen LogP contribution in [-0.4, -0.2) is 11.0 Å². The van der Waals surface area contributed by atoms with Gasteiger partial charge in [0.25, 0.3) is 12.0 Å². The molecule has 0 spiro atoms. The Morgan fingerprint density at radius 2 is 2.17 bits per heavy atom. The van der Waals surface area contributed by atoms with Crippen LogP contribution in [0.2, 0.25) is 0 Å². The van der Waals surface area contributed by atoms with Gasteiger partial charge in [-0.1, -0.05) is 13.3 Å². The second-order valence-corrected chi connectivity index (χ2v) is 4.71. The molecule has 0 unspecified atom stereocenters. The molecule has 4 nitrogen and oxygen atoms in total. The molecule has 0 atom stereocenters. The molecule has 1 aliphatic carbocycles. The molecule has 0 bridgehead atoms. The van der Waals surface area contributed by atoms with Crippen LogP contribution in [-0.2, 0) is 24.2 Å². The Kier molecular flexibility index (Phi) is 4.18. The van der Waals surface area contributed by atoms with Gasteiger partial charge in [0.15, 0.2) is 5.75 Å². The van der Waals surface area contributed by atoms with Gasteiger partial charge in [-0.2, -0.15) is 0 Å². The van der Waals surface area contributed by atoms with Gasteiger partial charge in [-0.25, -0.2) is 0 Å². The molecule has 0 aromatic carbocycles. The smallest absolute Gasteiger partial charge is 0.298 e. The largest absolute Gasteiger partial charge is 0.423 e. The molecule has 1 aromatic rings. The molecule has 0 fully saturated rings. The highest BCUT2D eigenvalue weighted by Crippen LogP contribution is 2.23. The normalized spacial score (nSPS) is 14.1. The van der Waals surface area contributed by atoms with Gasteiger partial charge in [0.05, 0.1) is 0 Å². The van der Waals surface area contributed by atoms with Crippen molar-refractivity contribution >= 4 is 6.47 Å². The van der Waals surface area contributed by atoms with Crippen molar-refractivity contribution in [1.29, 1.82) is 0 Å². The third-order valence-electron chi connectivity index (χ3n) is 3.48. The van der Waals surface area contributed by atoms with Crippen molar-refractivity contribution < 1.29 is 9.53 Å². The first-order valence-electron chi connectivity index (χ1n) is 6.63. The summed E-state index contributed by atoms with van der Waals surface area (Å²) in [6.45, 7) is 3.15. The number of unbranched alkanes of at least 4 members (excludes halogenated alkanes) is 1. The van der Waals surface area contributed by atoms with Crippen LogP contribution in [0.25, 0.3) is 0 Å². The van der Waals surface area contributed by atoms with Crippen LogP contribution in [0.1, 0.15) is 43.9 Å². The van der Waals surface area contributed by atoms with E-state index in [0.29, 0.717) is 13.0 Å². The Bertz CT molecular complexity index is 491. The number of ether oxygens (including phenoxy) is 1. The SMILES string of the molecule is CCCCn1c2c(cc(OC=O)c1=O)CCCC2. The Morgan fingerprint density at radius 1 is 1.39 bits per heavy atom. The molecule has 0 aliphatic heterocycles. The van der Waals surface area contributed by atoms with Crippen molar-refractivity contribution in [3.8, 4) is 5.75 Å².